The van der Waals surface area contributed by atoms with Crippen LogP contribution in [0.25, 0.3) is 22.3 Å². The maximum Gasteiger partial charge on any atom is 0.0895 e. The Hall–Kier alpha value is -3.22. The van der Waals surface area contributed by atoms with Crippen LogP contribution in [0.4, 0.5) is 5.69 Å². The van der Waals surface area contributed by atoms with Crippen LogP contribution in [0.2, 0.25) is 0 Å². The lowest BCUT2D eigenvalue weighted by Crippen LogP contribution is -2.49. The molecule has 200 valence electrons. The molecule has 0 aromatic heterocycles. The zero-order valence-electron chi connectivity index (χ0n) is 22.5. The van der Waals surface area contributed by atoms with E-state index < -0.39 is 5.41 Å². The highest BCUT2D eigenvalue weighted by Crippen LogP contribution is 2.57. The second-order valence-electron chi connectivity index (χ2n) is 10.2. The van der Waals surface area contributed by atoms with Gasteiger partial charge in [-0.3, -0.25) is 5.01 Å². The summed E-state index contributed by atoms with van der Waals surface area (Å²) in [4.78, 5) is 0. The van der Waals surface area contributed by atoms with Gasteiger partial charge in [0.15, 0.2) is 0 Å². The van der Waals surface area contributed by atoms with Crippen molar-refractivity contribution in [3.63, 3.8) is 0 Å². The van der Waals surface area contributed by atoms with Gasteiger partial charge in [-0.2, -0.15) is 0 Å². The third-order valence-corrected chi connectivity index (χ3v) is 8.79. The number of hydrazine groups is 1. The van der Waals surface area contributed by atoms with Crippen LogP contribution >= 0.6 is 31.9 Å². The van der Waals surface area contributed by atoms with E-state index in [1.807, 2.05) is 11.9 Å². The quantitative estimate of drug-likeness (QED) is 0.134. The van der Waals surface area contributed by atoms with Gasteiger partial charge in [0.05, 0.1) is 17.3 Å². The SMILES string of the molecule is CCNN(c1ccc(C2(c3ccc(-c4ccccc4)cc3)c3cc(Br)ccc3-c3ccc(Br)cc32)cc1)C(C)N. The minimum absolute atomic E-state index is 0.162. The van der Waals surface area contributed by atoms with E-state index in [9.17, 15) is 0 Å². The summed E-state index contributed by atoms with van der Waals surface area (Å²) in [5.41, 5.74) is 20.1. The summed E-state index contributed by atoms with van der Waals surface area (Å²) in [7, 11) is 0. The van der Waals surface area contributed by atoms with E-state index in [0.717, 1.165) is 21.2 Å². The highest BCUT2D eigenvalue weighted by Gasteiger charge is 2.46. The zero-order valence-corrected chi connectivity index (χ0v) is 25.7. The molecule has 5 heteroatoms. The van der Waals surface area contributed by atoms with Gasteiger partial charge in [-0.1, -0.05) is 118 Å². The number of anilines is 1. The third-order valence-electron chi connectivity index (χ3n) is 7.80. The molecule has 1 aliphatic rings. The number of halogens is 2. The van der Waals surface area contributed by atoms with Crippen molar-refractivity contribution < 1.29 is 0 Å². The fourth-order valence-electron chi connectivity index (χ4n) is 6.11. The summed E-state index contributed by atoms with van der Waals surface area (Å²) >= 11 is 7.58. The van der Waals surface area contributed by atoms with Gasteiger partial charge in [0.2, 0.25) is 0 Å². The monoisotopic (exact) mass is 651 g/mol. The molecule has 6 rings (SSSR count). The Kier molecular flexibility index (Phi) is 7.41. The van der Waals surface area contributed by atoms with E-state index in [0.29, 0.717) is 0 Å². The Balaban J connectivity index is 1.61. The Labute approximate surface area is 253 Å². The molecule has 0 spiro atoms. The highest BCUT2D eigenvalue weighted by atomic mass is 79.9. The van der Waals surface area contributed by atoms with Gasteiger partial charge in [-0.25, -0.2) is 5.43 Å². The number of benzene rings is 5. The fraction of sp³-hybridized carbons (Fsp3) is 0.143. The molecule has 40 heavy (non-hydrogen) atoms. The van der Waals surface area contributed by atoms with Gasteiger partial charge in [0, 0.05) is 15.5 Å². The van der Waals surface area contributed by atoms with Crippen molar-refractivity contribution in [3.05, 3.63) is 146 Å². The molecule has 1 aliphatic carbocycles. The van der Waals surface area contributed by atoms with Crippen molar-refractivity contribution in [2.75, 3.05) is 11.6 Å². The first-order valence-electron chi connectivity index (χ1n) is 13.6. The lowest BCUT2D eigenvalue weighted by molar-refractivity contribution is 0.562. The third kappa shape index (κ3) is 4.51. The molecular weight excluding hydrogens is 622 g/mol. The summed E-state index contributed by atoms with van der Waals surface area (Å²) in [6.07, 6.45) is -0.162. The first-order chi connectivity index (χ1) is 19.4. The summed E-state index contributed by atoms with van der Waals surface area (Å²) < 4.78 is 2.13. The average Bonchev–Trinajstić information content (AvgIpc) is 3.25. The molecule has 0 saturated carbocycles. The second-order valence-corrected chi connectivity index (χ2v) is 12.1. The van der Waals surface area contributed by atoms with E-state index in [2.05, 4.69) is 159 Å². The van der Waals surface area contributed by atoms with Gasteiger partial charge >= 0.3 is 0 Å². The Morgan fingerprint density at radius 2 is 1.20 bits per heavy atom. The van der Waals surface area contributed by atoms with Crippen LogP contribution in [0.15, 0.2) is 124 Å². The van der Waals surface area contributed by atoms with Crippen LogP contribution in [0.5, 0.6) is 0 Å². The number of nitrogens with two attached hydrogens (primary N) is 1. The lowest BCUT2D eigenvalue weighted by Gasteiger charge is -2.35. The standard InChI is InChI=1S/C35H31Br2N3/c1-3-39-40(23(2)38)30-17-13-27(14-18-30)35(26-11-9-25(10-12-26)24-7-5-4-6-8-24)33-21-28(36)15-19-31(33)32-20-16-29(37)22-34(32)35/h4-23,39H,3,38H2,1-2H3. The van der Waals surface area contributed by atoms with E-state index >= 15 is 0 Å². The predicted molar refractivity (Wildman–Crippen MR) is 174 cm³/mol. The molecule has 5 aromatic carbocycles. The van der Waals surface area contributed by atoms with Gasteiger partial charge in [-0.15, -0.1) is 0 Å². The molecule has 0 radical (unpaired) electrons. The summed E-state index contributed by atoms with van der Waals surface area (Å²) in [5, 5.41) is 2.02. The molecule has 0 heterocycles. The average molecular weight is 653 g/mol. The minimum atomic E-state index is -0.497. The van der Waals surface area contributed by atoms with Crippen molar-refractivity contribution in [1.29, 1.82) is 0 Å². The topological polar surface area (TPSA) is 41.3 Å². The van der Waals surface area contributed by atoms with Gasteiger partial charge < -0.3 is 5.73 Å². The van der Waals surface area contributed by atoms with E-state index in [4.69, 9.17) is 5.73 Å². The Morgan fingerprint density at radius 1 is 0.700 bits per heavy atom. The van der Waals surface area contributed by atoms with Gasteiger partial charge in [0.25, 0.3) is 0 Å². The maximum atomic E-state index is 6.31. The number of fused-ring (bicyclic) bond motifs is 3. The van der Waals surface area contributed by atoms with Crippen molar-refractivity contribution in [3.8, 4) is 22.3 Å². The molecule has 0 amide bonds. The van der Waals surface area contributed by atoms with Crippen molar-refractivity contribution >= 4 is 37.5 Å². The van der Waals surface area contributed by atoms with Crippen molar-refractivity contribution in [2.24, 2.45) is 5.73 Å². The molecule has 0 saturated heterocycles. The normalized spacial score (nSPS) is 13.9. The molecule has 0 fully saturated rings. The molecule has 0 aliphatic heterocycles. The number of nitrogens with zero attached hydrogens (tertiary/aromatic N) is 1. The molecule has 3 N–H and O–H groups in total. The second kappa shape index (κ2) is 11.0. The Bertz CT molecular complexity index is 1590. The fourth-order valence-corrected chi connectivity index (χ4v) is 6.84. The molecular formula is C35H31Br2N3. The van der Waals surface area contributed by atoms with Crippen molar-refractivity contribution in [1.82, 2.24) is 5.43 Å². The van der Waals surface area contributed by atoms with Gasteiger partial charge in [-0.05, 0) is 87.8 Å². The summed E-state index contributed by atoms with van der Waals surface area (Å²) in [5.74, 6) is 0. The van der Waals surface area contributed by atoms with Crippen LogP contribution in [-0.2, 0) is 5.41 Å². The number of nitrogens with one attached hydrogen (secondary N) is 1. The van der Waals surface area contributed by atoms with E-state index in [1.165, 1.54) is 44.5 Å². The zero-order chi connectivity index (χ0) is 27.9. The molecule has 1 unspecified atom stereocenters. The number of hydrogen-bond donors (Lipinski definition) is 2. The van der Waals surface area contributed by atoms with Crippen LogP contribution in [0, 0.1) is 0 Å². The summed E-state index contributed by atoms with van der Waals surface area (Å²) in [6, 6.07) is 41.8. The van der Waals surface area contributed by atoms with Crippen LogP contribution in [0.3, 0.4) is 0 Å². The molecule has 0 bridgehead atoms. The number of hydrogen-bond acceptors (Lipinski definition) is 3. The van der Waals surface area contributed by atoms with Gasteiger partial charge in [0.1, 0.15) is 0 Å². The van der Waals surface area contributed by atoms with E-state index in [-0.39, 0.29) is 6.17 Å². The highest BCUT2D eigenvalue weighted by molar-refractivity contribution is 9.10. The molecule has 3 nitrogen and oxygen atoms in total. The first kappa shape index (κ1) is 27.0. The number of rotatable bonds is 7. The molecule has 5 aromatic rings. The van der Waals surface area contributed by atoms with Crippen LogP contribution < -0.4 is 16.2 Å². The Morgan fingerprint density at radius 3 is 1.70 bits per heavy atom. The van der Waals surface area contributed by atoms with Crippen LogP contribution in [0.1, 0.15) is 36.1 Å². The maximum absolute atomic E-state index is 6.31. The minimum Gasteiger partial charge on any atom is -0.310 e. The first-order valence-corrected chi connectivity index (χ1v) is 15.2. The smallest absolute Gasteiger partial charge is 0.0895 e. The largest absolute Gasteiger partial charge is 0.310 e. The van der Waals surface area contributed by atoms with Crippen molar-refractivity contribution in [2.45, 2.75) is 25.4 Å². The van der Waals surface area contributed by atoms with Crippen LogP contribution in [-0.4, -0.2) is 12.7 Å². The van der Waals surface area contributed by atoms with E-state index in [1.54, 1.807) is 0 Å². The molecule has 1 atom stereocenters. The lowest BCUT2D eigenvalue weighted by atomic mass is 9.67. The predicted octanol–water partition coefficient (Wildman–Crippen LogP) is 8.88. The summed E-state index contributed by atoms with van der Waals surface area (Å²) in [6.45, 7) is 4.87.